The second-order valence-electron chi connectivity index (χ2n) is 4.89. The van der Waals surface area contributed by atoms with Gasteiger partial charge in [-0.2, -0.15) is 18.2 Å². The van der Waals surface area contributed by atoms with Crippen molar-refractivity contribution in [3.63, 3.8) is 0 Å². The number of alkyl halides is 3. The number of halogens is 3. The standard InChI is InChI=1S/C14H13F3N2O2/c1-7-4-10(14(15,16)17)6-11(5-7)18-19-12(20)8(2)9(3)13(19)21/h4-6,18H,1-3H3. The Kier molecular flexibility index (Phi) is 3.52. The normalized spacial score (nSPS) is 16.0. The molecule has 1 aromatic carbocycles. The smallest absolute Gasteiger partial charge is 0.288 e. The maximum atomic E-state index is 12.8. The number of carbonyl (C=O) groups excluding carboxylic acids is 2. The number of anilines is 1. The van der Waals surface area contributed by atoms with E-state index in [0.29, 0.717) is 5.56 Å². The van der Waals surface area contributed by atoms with Crippen LogP contribution in [0.3, 0.4) is 0 Å². The lowest BCUT2D eigenvalue weighted by Crippen LogP contribution is -2.36. The summed E-state index contributed by atoms with van der Waals surface area (Å²) in [5.41, 5.74) is 2.56. The van der Waals surface area contributed by atoms with Gasteiger partial charge >= 0.3 is 6.18 Å². The van der Waals surface area contributed by atoms with E-state index in [2.05, 4.69) is 5.43 Å². The van der Waals surface area contributed by atoms with E-state index in [9.17, 15) is 22.8 Å². The number of nitrogens with zero attached hydrogens (tertiary/aromatic N) is 1. The molecule has 0 unspecified atom stereocenters. The summed E-state index contributed by atoms with van der Waals surface area (Å²) in [6, 6.07) is 3.28. The second kappa shape index (κ2) is 4.91. The number of carbonyl (C=O) groups is 2. The van der Waals surface area contributed by atoms with Crippen LogP contribution in [0, 0.1) is 6.92 Å². The van der Waals surface area contributed by atoms with Gasteiger partial charge in [-0.1, -0.05) is 0 Å². The van der Waals surface area contributed by atoms with Gasteiger partial charge in [0.25, 0.3) is 11.8 Å². The van der Waals surface area contributed by atoms with Crippen LogP contribution in [0.2, 0.25) is 0 Å². The van der Waals surface area contributed by atoms with Crippen molar-refractivity contribution in [3.8, 4) is 0 Å². The zero-order chi connectivity index (χ0) is 15.9. The highest BCUT2D eigenvalue weighted by atomic mass is 19.4. The molecular weight excluding hydrogens is 285 g/mol. The predicted octanol–water partition coefficient (Wildman–Crippen LogP) is 3.05. The minimum atomic E-state index is -4.49. The molecule has 0 atom stereocenters. The van der Waals surface area contributed by atoms with E-state index >= 15 is 0 Å². The molecule has 0 aromatic heterocycles. The number of aryl methyl sites for hydroxylation is 1. The number of imide groups is 1. The molecule has 1 aromatic rings. The summed E-state index contributed by atoms with van der Waals surface area (Å²) in [5, 5.41) is 0.722. The Hall–Kier alpha value is -2.31. The zero-order valence-corrected chi connectivity index (χ0v) is 11.6. The summed E-state index contributed by atoms with van der Waals surface area (Å²) in [4.78, 5) is 23.7. The van der Waals surface area contributed by atoms with Crippen LogP contribution in [0.5, 0.6) is 0 Å². The van der Waals surface area contributed by atoms with Gasteiger partial charge in [-0.05, 0) is 44.5 Å². The Bertz CT molecular complexity index is 639. The molecule has 1 aliphatic rings. The number of benzene rings is 1. The predicted molar refractivity (Wildman–Crippen MR) is 70.0 cm³/mol. The topological polar surface area (TPSA) is 49.4 Å². The largest absolute Gasteiger partial charge is 0.416 e. The minimum absolute atomic E-state index is 0.0338. The molecule has 4 nitrogen and oxygen atoms in total. The number of hydrogen-bond donors (Lipinski definition) is 1. The third kappa shape index (κ3) is 2.76. The van der Waals surface area contributed by atoms with Gasteiger partial charge in [-0.25, -0.2) is 0 Å². The van der Waals surface area contributed by atoms with Crippen LogP contribution in [0.4, 0.5) is 18.9 Å². The molecule has 2 rings (SSSR count). The second-order valence-corrected chi connectivity index (χ2v) is 4.89. The van der Waals surface area contributed by atoms with Crippen LogP contribution >= 0.6 is 0 Å². The van der Waals surface area contributed by atoms with E-state index in [4.69, 9.17) is 0 Å². The zero-order valence-electron chi connectivity index (χ0n) is 11.6. The van der Waals surface area contributed by atoms with Crippen LogP contribution < -0.4 is 5.43 Å². The van der Waals surface area contributed by atoms with E-state index in [1.807, 2.05) is 0 Å². The van der Waals surface area contributed by atoms with E-state index < -0.39 is 23.6 Å². The monoisotopic (exact) mass is 298 g/mol. The van der Waals surface area contributed by atoms with E-state index in [1.165, 1.54) is 26.8 Å². The fourth-order valence-corrected chi connectivity index (χ4v) is 1.99. The van der Waals surface area contributed by atoms with Crippen molar-refractivity contribution in [2.24, 2.45) is 0 Å². The van der Waals surface area contributed by atoms with E-state index in [0.717, 1.165) is 17.1 Å². The average molecular weight is 298 g/mol. The number of rotatable bonds is 2. The van der Waals surface area contributed by atoms with Crippen LogP contribution in [-0.4, -0.2) is 16.8 Å². The Balaban J connectivity index is 2.32. The molecule has 0 saturated carbocycles. The summed E-state index contributed by atoms with van der Waals surface area (Å²) in [6.07, 6.45) is -4.49. The Morgan fingerprint density at radius 1 is 0.952 bits per heavy atom. The molecule has 0 bridgehead atoms. The van der Waals surface area contributed by atoms with Crippen molar-refractivity contribution in [2.75, 3.05) is 5.43 Å². The van der Waals surface area contributed by atoms with Crippen molar-refractivity contribution in [1.82, 2.24) is 5.01 Å². The van der Waals surface area contributed by atoms with Gasteiger partial charge in [0.15, 0.2) is 0 Å². The fraction of sp³-hybridized carbons (Fsp3) is 0.286. The number of nitrogens with one attached hydrogen (secondary N) is 1. The van der Waals surface area contributed by atoms with Gasteiger partial charge in [0.1, 0.15) is 0 Å². The fourth-order valence-electron chi connectivity index (χ4n) is 1.99. The summed E-state index contributed by atoms with van der Waals surface area (Å²) in [7, 11) is 0. The summed E-state index contributed by atoms with van der Waals surface area (Å²) < 4.78 is 38.3. The van der Waals surface area contributed by atoms with Crippen molar-refractivity contribution < 1.29 is 22.8 Å². The first-order chi connectivity index (χ1) is 9.61. The van der Waals surface area contributed by atoms with Gasteiger partial charge in [-0.3, -0.25) is 15.0 Å². The molecule has 0 aliphatic carbocycles. The molecule has 1 heterocycles. The SMILES string of the molecule is CC1=C(C)C(=O)N(Nc2cc(C)cc(C(F)(F)F)c2)C1=O. The molecule has 0 radical (unpaired) electrons. The molecule has 1 N–H and O–H groups in total. The number of hydrazine groups is 1. The highest BCUT2D eigenvalue weighted by molar-refractivity contribution is 6.19. The summed E-state index contributed by atoms with van der Waals surface area (Å²) >= 11 is 0. The highest BCUT2D eigenvalue weighted by Crippen LogP contribution is 2.32. The van der Waals surface area contributed by atoms with Crippen LogP contribution in [0.1, 0.15) is 25.0 Å². The lowest BCUT2D eigenvalue weighted by Gasteiger charge is -2.19. The number of hydrogen-bond acceptors (Lipinski definition) is 3. The van der Waals surface area contributed by atoms with Crippen LogP contribution in [0.15, 0.2) is 29.3 Å². The third-order valence-electron chi connectivity index (χ3n) is 3.26. The maximum Gasteiger partial charge on any atom is 0.416 e. The Morgan fingerprint density at radius 3 is 1.95 bits per heavy atom. The van der Waals surface area contributed by atoms with E-state index in [1.54, 1.807) is 0 Å². The first-order valence-corrected chi connectivity index (χ1v) is 6.13. The van der Waals surface area contributed by atoms with Gasteiger partial charge in [-0.15, -0.1) is 0 Å². The lowest BCUT2D eigenvalue weighted by atomic mass is 10.1. The van der Waals surface area contributed by atoms with Crippen molar-refractivity contribution in [2.45, 2.75) is 26.9 Å². The van der Waals surface area contributed by atoms with Gasteiger partial charge in [0, 0.05) is 11.1 Å². The Morgan fingerprint density at radius 2 is 1.48 bits per heavy atom. The lowest BCUT2D eigenvalue weighted by molar-refractivity contribution is -0.137. The first kappa shape index (κ1) is 15.1. The van der Waals surface area contributed by atoms with Crippen LogP contribution in [0.25, 0.3) is 0 Å². The third-order valence-corrected chi connectivity index (χ3v) is 3.26. The summed E-state index contributed by atoms with van der Waals surface area (Å²) in [5.74, 6) is -1.12. The molecule has 112 valence electrons. The number of amides is 2. The van der Waals surface area contributed by atoms with Gasteiger partial charge in [0.2, 0.25) is 0 Å². The maximum absolute atomic E-state index is 12.8. The van der Waals surface area contributed by atoms with Gasteiger partial charge < -0.3 is 0 Å². The molecule has 1 aliphatic heterocycles. The minimum Gasteiger partial charge on any atom is -0.288 e. The molecular formula is C14H13F3N2O2. The highest BCUT2D eigenvalue weighted by Gasteiger charge is 2.35. The molecule has 0 spiro atoms. The molecule has 7 heteroatoms. The van der Waals surface area contributed by atoms with Crippen molar-refractivity contribution in [3.05, 3.63) is 40.5 Å². The quantitative estimate of drug-likeness (QED) is 0.854. The Labute approximate surface area is 119 Å². The molecule has 21 heavy (non-hydrogen) atoms. The van der Waals surface area contributed by atoms with Crippen molar-refractivity contribution >= 4 is 17.5 Å². The average Bonchev–Trinajstić information content (AvgIpc) is 2.55. The summed E-state index contributed by atoms with van der Waals surface area (Å²) in [6.45, 7) is 4.49. The molecule has 0 saturated heterocycles. The van der Waals surface area contributed by atoms with Crippen molar-refractivity contribution in [1.29, 1.82) is 0 Å². The first-order valence-electron chi connectivity index (χ1n) is 6.13. The van der Waals surface area contributed by atoms with E-state index in [-0.39, 0.29) is 16.8 Å². The molecule has 2 amide bonds. The van der Waals surface area contributed by atoms with Crippen LogP contribution in [-0.2, 0) is 15.8 Å². The molecule has 0 fully saturated rings. The van der Waals surface area contributed by atoms with Gasteiger partial charge in [0.05, 0.1) is 11.3 Å².